The molecule has 0 spiro atoms. The van der Waals surface area contributed by atoms with Crippen molar-refractivity contribution in [3.8, 4) is 0 Å². The molecule has 2 heterocycles. The first-order valence-electron chi connectivity index (χ1n) is 8.48. The first-order chi connectivity index (χ1) is 12.1. The van der Waals surface area contributed by atoms with Crippen LogP contribution in [0.2, 0.25) is 0 Å². The molecule has 2 amide bonds. The van der Waals surface area contributed by atoms with E-state index in [4.69, 9.17) is 49.0 Å². The Balaban J connectivity index is 2.36. The zero-order valence-corrected chi connectivity index (χ0v) is 18.1. The number of amides is 2. The predicted octanol–water partition coefficient (Wildman–Crippen LogP) is 2.18. The van der Waals surface area contributed by atoms with Gasteiger partial charge in [-0.05, 0) is 34.6 Å². The van der Waals surface area contributed by atoms with E-state index in [1.165, 1.54) is 4.90 Å². The van der Waals surface area contributed by atoms with E-state index in [2.05, 4.69) is 5.32 Å². The molecule has 2 aliphatic heterocycles. The number of aliphatic hydroxyl groups is 1. The van der Waals surface area contributed by atoms with Crippen molar-refractivity contribution in [2.24, 2.45) is 5.92 Å². The average Bonchev–Trinajstić information content (AvgIpc) is 2.79. The van der Waals surface area contributed by atoms with Gasteiger partial charge in [0.1, 0.15) is 17.9 Å². The van der Waals surface area contributed by atoms with Gasteiger partial charge in [-0.1, -0.05) is 34.8 Å². The third-order valence-electron chi connectivity index (χ3n) is 4.11. The lowest BCUT2D eigenvalue weighted by atomic mass is 9.91. The number of hydrogen-bond acceptors (Lipinski definition) is 6. The summed E-state index contributed by atoms with van der Waals surface area (Å²) in [6.07, 6.45) is -3.04. The second-order valence-electron chi connectivity index (χ2n) is 8.06. The molecule has 0 unspecified atom stereocenters. The van der Waals surface area contributed by atoms with Gasteiger partial charge in [-0.3, -0.25) is 9.69 Å². The summed E-state index contributed by atoms with van der Waals surface area (Å²) in [5.41, 5.74) is -0.765. The fourth-order valence-electron chi connectivity index (χ4n) is 3.12. The van der Waals surface area contributed by atoms with E-state index in [1.54, 1.807) is 34.6 Å². The summed E-state index contributed by atoms with van der Waals surface area (Å²) >= 11 is 17.0. The lowest BCUT2D eigenvalue weighted by Gasteiger charge is -2.44. The highest BCUT2D eigenvalue weighted by Crippen LogP contribution is 2.39. The molecule has 0 aromatic rings. The molecule has 0 aromatic heterocycles. The van der Waals surface area contributed by atoms with Crippen molar-refractivity contribution < 1.29 is 28.9 Å². The molecule has 156 valence electrons. The number of carbonyl (C=O) groups excluding carboxylic acids is 2. The normalized spacial score (nSPS) is 30.6. The molecule has 2 aliphatic rings. The molecular weight excluding hydrogens is 423 g/mol. The monoisotopic (exact) mass is 446 g/mol. The largest absolute Gasteiger partial charge is 0.444 e. The minimum atomic E-state index is -2.22. The second-order valence-corrected chi connectivity index (χ2v) is 10.3. The van der Waals surface area contributed by atoms with Gasteiger partial charge in [0.15, 0.2) is 5.79 Å². The summed E-state index contributed by atoms with van der Waals surface area (Å²) in [6.45, 7) is 8.37. The van der Waals surface area contributed by atoms with Gasteiger partial charge in [-0.15, -0.1) is 0 Å². The van der Waals surface area contributed by atoms with Crippen LogP contribution in [0.3, 0.4) is 0 Å². The molecule has 0 radical (unpaired) electrons. The lowest BCUT2D eigenvalue weighted by Crippen LogP contribution is -2.67. The van der Waals surface area contributed by atoms with Crippen LogP contribution in [-0.4, -0.2) is 68.7 Å². The SMILES string of the molecule is CC(C)(C)OC(=O)N1C[C@H](CO)[C@@H]2OC(C)(C)O[C@@H]2[C@H]1NC(=O)C(Cl)(Cl)Cl. The quantitative estimate of drug-likeness (QED) is 0.630. The molecule has 0 aromatic carbocycles. The van der Waals surface area contributed by atoms with Gasteiger partial charge in [0.2, 0.25) is 0 Å². The minimum Gasteiger partial charge on any atom is -0.444 e. The number of nitrogens with zero attached hydrogens (tertiary/aromatic N) is 1. The van der Waals surface area contributed by atoms with Gasteiger partial charge >= 0.3 is 6.09 Å². The zero-order valence-electron chi connectivity index (χ0n) is 15.8. The Bertz CT molecular complexity index is 590. The molecule has 2 N–H and O–H groups in total. The number of rotatable bonds is 2. The maximum atomic E-state index is 12.7. The van der Waals surface area contributed by atoms with E-state index in [0.29, 0.717) is 0 Å². The number of alkyl halides is 3. The molecule has 8 nitrogen and oxygen atoms in total. The molecule has 2 fully saturated rings. The van der Waals surface area contributed by atoms with Crippen LogP contribution >= 0.6 is 34.8 Å². The van der Waals surface area contributed by atoms with Crippen LogP contribution in [0.4, 0.5) is 4.79 Å². The topological polar surface area (TPSA) is 97.3 Å². The van der Waals surface area contributed by atoms with Crippen LogP contribution in [0.1, 0.15) is 34.6 Å². The number of piperidine rings is 1. The predicted molar refractivity (Wildman–Crippen MR) is 99.6 cm³/mol. The molecule has 2 rings (SSSR count). The summed E-state index contributed by atoms with van der Waals surface area (Å²) in [5.74, 6) is -2.33. The number of fused-ring (bicyclic) bond motifs is 1. The second kappa shape index (κ2) is 7.72. The smallest absolute Gasteiger partial charge is 0.412 e. The standard InChI is InChI=1S/C16H25Cl3N2O6/c1-14(2,3)27-13(24)21-6-8(7-22)9-10(26-15(4,5)25-9)11(21)20-12(23)16(17,18)19/h8-11,22H,6-7H2,1-5H3,(H,20,23)/t8-,9+,10+,11+/m1/s1. The molecule has 0 aliphatic carbocycles. The first-order valence-corrected chi connectivity index (χ1v) is 9.62. The van der Waals surface area contributed by atoms with Crippen molar-refractivity contribution in [3.63, 3.8) is 0 Å². The van der Waals surface area contributed by atoms with Crippen LogP contribution < -0.4 is 5.32 Å². The van der Waals surface area contributed by atoms with Gasteiger partial charge in [0.25, 0.3) is 9.70 Å². The molecule has 0 saturated carbocycles. The van der Waals surface area contributed by atoms with Crippen LogP contribution in [0.15, 0.2) is 0 Å². The Hall–Kier alpha value is -0.510. The Kier molecular flexibility index (Phi) is 6.52. The van der Waals surface area contributed by atoms with Crippen molar-refractivity contribution in [1.29, 1.82) is 0 Å². The van der Waals surface area contributed by atoms with Crippen molar-refractivity contribution in [1.82, 2.24) is 10.2 Å². The molecular formula is C16H25Cl3N2O6. The highest BCUT2D eigenvalue weighted by molar-refractivity contribution is 6.76. The number of likely N-dealkylation sites (tertiary alicyclic amines) is 1. The van der Waals surface area contributed by atoms with Crippen LogP contribution in [0.25, 0.3) is 0 Å². The number of nitrogens with one attached hydrogen (secondary N) is 1. The number of hydrogen-bond donors (Lipinski definition) is 2. The summed E-state index contributed by atoms with van der Waals surface area (Å²) < 4.78 is 15.0. The number of carbonyl (C=O) groups is 2. The number of ether oxygens (including phenoxy) is 3. The van der Waals surface area contributed by atoms with E-state index < -0.39 is 51.5 Å². The van der Waals surface area contributed by atoms with E-state index in [1.807, 2.05) is 0 Å². The fraction of sp³-hybridized carbons (Fsp3) is 0.875. The molecule has 4 atom stereocenters. The average molecular weight is 448 g/mol. The zero-order chi connectivity index (χ0) is 20.8. The van der Waals surface area contributed by atoms with E-state index in [9.17, 15) is 14.7 Å². The Morgan fingerprint density at radius 1 is 1.22 bits per heavy atom. The van der Waals surface area contributed by atoms with Crippen molar-refractivity contribution in [2.45, 2.75) is 68.2 Å². The van der Waals surface area contributed by atoms with Gasteiger partial charge in [-0.2, -0.15) is 0 Å². The van der Waals surface area contributed by atoms with E-state index >= 15 is 0 Å². The first kappa shape index (κ1) is 22.8. The van der Waals surface area contributed by atoms with Crippen molar-refractivity contribution in [2.75, 3.05) is 13.2 Å². The van der Waals surface area contributed by atoms with Crippen LogP contribution in [0.5, 0.6) is 0 Å². The molecule has 11 heteroatoms. The van der Waals surface area contributed by atoms with Gasteiger partial charge in [0, 0.05) is 12.5 Å². The summed E-state index contributed by atoms with van der Waals surface area (Å²) in [7, 11) is 0. The number of aliphatic hydroxyl groups excluding tert-OH is 1. The highest BCUT2D eigenvalue weighted by atomic mass is 35.6. The lowest BCUT2D eigenvalue weighted by molar-refractivity contribution is -0.152. The third-order valence-corrected chi connectivity index (χ3v) is 4.62. The fourth-order valence-corrected chi connectivity index (χ4v) is 3.28. The van der Waals surface area contributed by atoms with Crippen LogP contribution in [0, 0.1) is 5.92 Å². The molecule has 2 saturated heterocycles. The van der Waals surface area contributed by atoms with Gasteiger partial charge in [0.05, 0.1) is 12.7 Å². The third kappa shape index (κ3) is 5.52. The van der Waals surface area contributed by atoms with Crippen molar-refractivity contribution in [3.05, 3.63) is 0 Å². The summed E-state index contributed by atoms with van der Waals surface area (Å²) in [4.78, 5) is 26.3. The van der Waals surface area contributed by atoms with Crippen molar-refractivity contribution >= 4 is 46.8 Å². The van der Waals surface area contributed by atoms with Crippen LogP contribution in [-0.2, 0) is 19.0 Å². The molecule has 27 heavy (non-hydrogen) atoms. The summed E-state index contributed by atoms with van der Waals surface area (Å²) in [5, 5.41) is 12.3. The number of halogens is 3. The molecule has 0 bridgehead atoms. The summed E-state index contributed by atoms with van der Waals surface area (Å²) in [6, 6.07) is 0. The highest BCUT2D eigenvalue weighted by Gasteiger charge is 2.56. The van der Waals surface area contributed by atoms with Gasteiger partial charge < -0.3 is 24.6 Å². The maximum Gasteiger partial charge on any atom is 0.412 e. The Morgan fingerprint density at radius 3 is 2.26 bits per heavy atom. The minimum absolute atomic E-state index is 0.0663. The maximum absolute atomic E-state index is 12.7. The Labute approximate surface area is 173 Å². The Morgan fingerprint density at radius 2 is 1.78 bits per heavy atom. The van der Waals surface area contributed by atoms with E-state index in [0.717, 1.165) is 0 Å². The van der Waals surface area contributed by atoms with E-state index in [-0.39, 0.29) is 13.2 Å². The van der Waals surface area contributed by atoms with Gasteiger partial charge in [-0.25, -0.2) is 4.79 Å².